The SMILES string of the molecule is Nc1cc(F)c(OCCc2ccccn2)cc1F. The zero-order valence-electron chi connectivity index (χ0n) is 9.57. The highest BCUT2D eigenvalue weighted by molar-refractivity contribution is 5.44. The zero-order valence-corrected chi connectivity index (χ0v) is 9.57. The molecule has 0 aliphatic rings. The van der Waals surface area contributed by atoms with Crippen molar-refractivity contribution in [1.29, 1.82) is 0 Å². The number of benzene rings is 1. The van der Waals surface area contributed by atoms with Gasteiger partial charge in [-0.05, 0) is 12.1 Å². The summed E-state index contributed by atoms with van der Waals surface area (Å²) < 4.78 is 31.7. The van der Waals surface area contributed by atoms with E-state index in [4.69, 9.17) is 10.5 Å². The maximum atomic E-state index is 13.4. The molecule has 18 heavy (non-hydrogen) atoms. The van der Waals surface area contributed by atoms with Gasteiger partial charge in [0.05, 0.1) is 12.3 Å². The van der Waals surface area contributed by atoms with Crippen LogP contribution in [-0.2, 0) is 6.42 Å². The smallest absolute Gasteiger partial charge is 0.167 e. The normalized spacial score (nSPS) is 10.3. The molecule has 1 aromatic heterocycles. The van der Waals surface area contributed by atoms with E-state index >= 15 is 0 Å². The number of rotatable bonds is 4. The van der Waals surface area contributed by atoms with Gasteiger partial charge in [-0.3, -0.25) is 4.98 Å². The molecule has 0 atom stereocenters. The number of ether oxygens (including phenoxy) is 1. The second-order valence-corrected chi connectivity index (χ2v) is 3.72. The summed E-state index contributed by atoms with van der Waals surface area (Å²) in [4.78, 5) is 4.10. The lowest BCUT2D eigenvalue weighted by atomic mass is 10.2. The number of anilines is 1. The van der Waals surface area contributed by atoms with Crippen molar-refractivity contribution in [1.82, 2.24) is 4.98 Å². The Bertz CT molecular complexity index is 532. The number of halogens is 2. The van der Waals surface area contributed by atoms with Crippen LogP contribution in [0.5, 0.6) is 5.75 Å². The first-order chi connectivity index (χ1) is 8.66. The summed E-state index contributed by atoms with van der Waals surface area (Å²) in [6, 6.07) is 7.35. The highest BCUT2D eigenvalue weighted by Gasteiger charge is 2.08. The minimum Gasteiger partial charge on any atom is -0.490 e. The fourth-order valence-electron chi connectivity index (χ4n) is 1.47. The fraction of sp³-hybridized carbons (Fsp3) is 0.154. The monoisotopic (exact) mass is 250 g/mol. The van der Waals surface area contributed by atoms with Crippen molar-refractivity contribution in [2.45, 2.75) is 6.42 Å². The van der Waals surface area contributed by atoms with E-state index in [2.05, 4.69) is 4.98 Å². The summed E-state index contributed by atoms with van der Waals surface area (Å²) in [5.41, 5.74) is 5.82. The lowest BCUT2D eigenvalue weighted by molar-refractivity contribution is 0.302. The molecule has 3 nitrogen and oxygen atoms in total. The number of aromatic nitrogens is 1. The van der Waals surface area contributed by atoms with Crippen LogP contribution in [0.4, 0.5) is 14.5 Å². The number of hydrogen-bond acceptors (Lipinski definition) is 3. The van der Waals surface area contributed by atoms with Crippen molar-refractivity contribution in [3.8, 4) is 5.75 Å². The fourth-order valence-corrected chi connectivity index (χ4v) is 1.47. The van der Waals surface area contributed by atoms with Gasteiger partial charge in [0.15, 0.2) is 11.6 Å². The lowest BCUT2D eigenvalue weighted by Crippen LogP contribution is -2.05. The predicted molar refractivity (Wildman–Crippen MR) is 64.2 cm³/mol. The maximum absolute atomic E-state index is 13.4. The summed E-state index contributed by atoms with van der Waals surface area (Å²) in [5, 5.41) is 0. The number of nitrogen functional groups attached to an aromatic ring is 1. The molecule has 5 heteroatoms. The highest BCUT2D eigenvalue weighted by Crippen LogP contribution is 2.22. The Balaban J connectivity index is 1.97. The van der Waals surface area contributed by atoms with E-state index < -0.39 is 11.6 Å². The Hall–Kier alpha value is -2.17. The molecule has 1 heterocycles. The van der Waals surface area contributed by atoms with Crippen LogP contribution in [-0.4, -0.2) is 11.6 Å². The number of nitrogens with zero attached hydrogens (tertiary/aromatic N) is 1. The minimum atomic E-state index is -0.691. The van der Waals surface area contributed by atoms with Crippen molar-refractivity contribution in [2.24, 2.45) is 0 Å². The van der Waals surface area contributed by atoms with Crippen molar-refractivity contribution in [3.63, 3.8) is 0 Å². The lowest BCUT2D eigenvalue weighted by Gasteiger charge is -2.08. The summed E-state index contributed by atoms with van der Waals surface area (Å²) in [5.74, 6) is -1.50. The highest BCUT2D eigenvalue weighted by atomic mass is 19.1. The third-order valence-corrected chi connectivity index (χ3v) is 2.39. The second-order valence-electron chi connectivity index (χ2n) is 3.72. The minimum absolute atomic E-state index is 0.141. The van der Waals surface area contributed by atoms with Crippen molar-refractivity contribution < 1.29 is 13.5 Å². The Morgan fingerprint density at radius 2 is 2.00 bits per heavy atom. The molecule has 0 aliphatic heterocycles. The van der Waals surface area contributed by atoms with Gasteiger partial charge < -0.3 is 10.5 Å². The largest absolute Gasteiger partial charge is 0.490 e. The molecule has 0 spiro atoms. The number of hydrogen-bond donors (Lipinski definition) is 1. The third-order valence-electron chi connectivity index (χ3n) is 2.39. The van der Waals surface area contributed by atoms with E-state index in [1.54, 1.807) is 12.3 Å². The van der Waals surface area contributed by atoms with Gasteiger partial charge >= 0.3 is 0 Å². The van der Waals surface area contributed by atoms with Gasteiger partial charge in [-0.2, -0.15) is 0 Å². The maximum Gasteiger partial charge on any atom is 0.167 e. The van der Waals surface area contributed by atoms with Crippen LogP contribution in [0.3, 0.4) is 0 Å². The van der Waals surface area contributed by atoms with Crippen LogP contribution in [0.1, 0.15) is 5.69 Å². The molecule has 0 amide bonds. The van der Waals surface area contributed by atoms with Crippen LogP contribution in [0.15, 0.2) is 36.5 Å². The Morgan fingerprint density at radius 3 is 2.72 bits per heavy atom. The molecule has 0 radical (unpaired) electrons. The zero-order chi connectivity index (χ0) is 13.0. The molecular formula is C13H12F2N2O. The summed E-state index contributed by atoms with van der Waals surface area (Å²) in [7, 11) is 0. The van der Waals surface area contributed by atoms with Crippen LogP contribution in [0, 0.1) is 11.6 Å². The number of nitrogens with two attached hydrogens (primary N) is 1. The molecule has 0 bridgehead atoms. The van der Waals surface area contributed by atoms with Gasteiger partial charge in [-0.15, -0.1) is 0 Å². The molecule has 2 aromatic rings. The number of pyridine rings is 1. The topological polar surface area (TPSA) is 48.1 Å². The van der Waals surface area contributed by atoms with Gasteiger partial charge in [-0.1, -0.05) is 6.07 Å². The second kappa shape index (κ2) is 5.44. The summed E-state index contributed by atoms with van der Waals surface area (Å²) >= 11 is 0. The van der Waals surface area contributed by atoms with Crippen molar-refractivity contribution >= 4 is 5.69 Å². The molecule has 94 valence electrons. The molecule has 0 saturated carbocycles. The summed E-state index contributed by atoms with van der Waals surface area (Å²) in [6.45, 7) is 0.220. The average molecular weight is 250 g/mol. The molecule has 0 fully saturated rings. The molecule has 1 aromatic carbocycles. The average Bonchev–Trinajstić information content (AvgIpc) is 2.37. The Kier molecular flexibility index (Phi) is 3.72. The molecular weight excluding hydrogens is 238 g/mol. The van der Waals surface area contributed by atoms with Crippen LogP contribution in [0.25, 0.3) is 0 Å². The quantitative estimate of drug-likeness (QED) is 0.848. The van der Waals surface area contributed by atoms with E-state index in [1.807, 2.05) is 12.1 Å². The van der Waals surface area contributed by atoms with E-state index in [-0.39, 0.29) is 18.0 Å². The third kappa shape index (κ3) is 2.94. The first kappa shape index (κ1) is 12.3. The Labute approximate surface area is 103 Å². The standard InChI is InChI=1S/C13H12F2N2O/c14-10-8-13(11(15)7-12(10)16)18-6-4-9-3-1-2-5-17-9/h1-3,5,7-8H,4,6,16H2. The first-order valence-corrected chi connectivity index (χ1v) is 5.44. The summed E-state index contributed by atoms with van der Waals surface area (Å²) in [6.07, 6.45) is 2.19. The van der Waals surface area contributed by atoms with Crippen LogP contribution < -0.4 is 10.5 Å². The van der Waals surface area contributed by atoms with Gasteiger partial charge in [0.2, 0.25) is 0 Å². The van der Waals surface area contributed by atoms with E-state index in [1.165, 1.54) is 0 Å². The molecule has 2 rings (SSSR count). The first-order valence-electron chi connectivity index (χ1n) is 5.44. The molecule has 0 aliphatic carbocycles. The Morgan fingerprint density at radius 1 is 1.17 bits per heavy atom. The van der Waals surface area contributed by atoms with Gasteiger partial charge in [0, 0.05) is 30.4 Å². The molecule has 2 N–H and O–H groups in total. The van der Waals surface area contributed by atoms with Crippen molar-refractivity contribution in [3.05, 3.63) is 53.9 Å². The van der Waals surface area contributed by atoms with Gasteiger partial charge in [0.25, 0.3) is 0 Å². The van der Waals surface area contributed by atoms with Crippen LogP contribution >= 0.6 is 0 Å². The predicted octanol–water partition coefficient (Wildman–Crippen LogP) is 2.56. The van der Waals surface area contributed by atoms with Crippen molar-refractivity contribution in [2.75, 3.05) is 12.3 Å². The molecule has 0 saturated heterocycles. The van der Waals surface area contributed by atoms with Gasteiger partial charge in [-0.25, -0.2) is 8.78 Å². The van der Waals surface area contributed by atoms with Crippen LogP contribution in [0.2, 0.25) is 0 Å². The van der Waals surface area contributed by atoms with E-state index in [9.17, 15) is 8.78 Å². The van der Waals surface area contributed by atoms with E-state index in [0.717, 1.165) is 17.8 Å². The molecule has 0 unspecified atom stereocenters. The van der Waals surface area contributed by atoms with E-state index in [0.29, 0.717) is 6.42 Å². The van der Waals surface area contributed by atoms with Gasteiger partial charge in [0.1, 0.15) is 5.82 Å².